The lowest BCUT2D eigenvalue weighted by Crippen LogP contribution is -2.28. The van der Waals surface area contributed by atoms with Crippen molar-refractivity contribution in [3.63, 3.8) is 0 Å². The number of hydrogen-bond donors (Lipinski definition) is 1. The van der Waals surface area contributed by atoms with Gasteiger partial charge in [-0.3, -0.25) is 15.1 Å². The SMILES string of the molecule is N=C1S/C(=C\c2ccc(-c3cccc(Cl)c3)o2)C(=O)N1c1ccc2c(c1)OCO2. The first-order valence-electron chi connectivity index (χ1n) is 8.66. The minimum absolute atomic E-state index is 0.113. The molecule has 8 heteroatoms. The molecule has 1 aromatic heterocycles. The third kappa shape index (κ3) is 3.28. The highest BCUT2D eigenvalue weighted by Gasteiger charge is 2.34. The second kappa shape index (κ2) is 7.02. The molecule has 1 amide bonds. The Morgan fingerprint density at radius 2 is 1.93 bits per heavy atom. The minimum Gasteiger partial charge on any atom is -0.457 e. The predicted octanol–water partition coefficient (Wildman–Crippen LogP) is 5.38. The summed E-state index contributed by atoms with van der Waals surface area (Å²) in [5.41, 5.74) is 1.40. The molecule has 0 unspecified atom stereocenters. The second-order valence-corrected chi connectivity index (χ2v) is 7.77. The van der Waals surface area contributed by atoms with Crippen molar-refractivity contribution in [2.75, 3.05) is 11.7 Å². The molecule has 1 N–H and O–H groups in total. The van der Waals surface area contributed by atoms with E-state index in [0.29, 0.717) is 38.6 Å². The first-order valence-corrected chi connectivity index (χ1v) is 9.86. The number of benzene rings is 2. The normalized spacial score (nSPS) is 16.9. The van der Waals surface area contributed by atoms with Gasteiger partial charge in [0.15, 0.2) is 16.7 Å². The maximum absolute atomic E-state index is 12.9. The van der Waals surface area contributed by atoms with Crippen molar-refractivity contribution in [3.8, 4) is 22.8 Å². The molecule has 6 nitrogen and oxygen atoms in total. The van der Waals surface area contributed by atoms with Gasteiger partial charge in [-0.05, 0) is 48.2 Å². The number of furan rings is 1. The average Bonchev–Trinajstić information content (AvgIpc) is 3.41. The first-order chi connectivity index (χ1) is 14.1. The summed E-state index contributed by atoms with van der Waals surface area (Å²) < 4.78 is 16.5. The molecule has 5 rings (SSSR count). The molecule has 2 aliphatic heterocycles. The Morgan fingerprint density at radius 3 is 2.79 bits per heavy atom. The largest absolute Gasteiger partial charge is 0.457 e. The zero-order chi connectivity index (χ0) is 20.0. The van der Waals surface area contributed by atoms with Crippen LogP contribution in [0.15, 0.2) is 63.9 Å². The summed E-state index contributed by atoms with van der Waals surface area (Å²) in [7, 11) is 0. The maximum Gasteiger partial charge on any atom is 0.271 e. The van der Waals surface area contributed by atoms with E-state index in [2.05, 4.69) is 0 Å². The van der Waals surface area contributed by atoms with Crippen molar-refractivity contribution in [1.82, 2.24) is 0 Å². The molecule has 1 fully saturated rings. The molecule has 3 aromatic rings. The highest BCUT2D eigenvalue weighted by atomic mass is 35.5. The number of amides is 1. The summed E-state index contributed by atoms with van der Waals surface area (Å²) in [4.78, 5) is 14.6. The number of carbonyl (C=O) groups excluding carboxylic acids is 1. The molecular formula is C21H13ClN2O4S. The number of anilines is 1. The molecule has 1 saturated heterocycles. The van der Waals surface area contributed by atoms with Crippen LogP contribution in [0.1, 0.15) is 5.76 Å². The van der Waals surface area contributed by atoms with Crippen LogP contribution in [-0.2, 0) is 4.79 Å². The summed E-state index contributed by atoms with van der Waals surface area (Å²) in [5, 5.41) is 8.97. The summed E-state index contributed by atoms with van der Waals surface area (Å²) in [6, 6.07) is 16.1. The molecule has 3 heterocycles. The molecule has 0 radical (unpaired) electrons. The number of amidine groups is 1. The summed E-state index contributed by atoms with van der Waals surface area (Å²) >= 11 is 7.12. The first kappa shape index (κ1) is 17.9. The predicted molar refractivity (Wildman–Crippen MR) is 112 cm³/mol. The van der Waals surface area contributed by atoms with Crippen molar-refractivity contribution in [2.45, 2.75) is 0 Å². The van der Waals surface area contributed by atoms with Crippen molar-refractivity contribution < 1.29 is 18.7 Å². The number of hydrogen-bond acceptors (Lipinski definition) is 6. The standard InChI is InChI=1S/C21H13ClN2O4S/c22-13-3-1-2-12(8-13)16-7-5-15(28-16)10-19-20(25)24(21(23)29-19)14-4-6-17-18(9-14)27-11-26-17/h1-10,23H,11H2/b19-10-,23-21?. The summed E-state index contributed by atoms with van der Waals surface area (Å²) in [6.07, 6.45) is 1.64. The van der Waals surface area contributed by atoms with Gasteiger partial charge in [-0.1, -0.05) is 23.7 Å². The van der Waals surface area contributed by atoms with Gasteiger partial charge in [-0.15, -0.1) is 0 Å². The minimum atomic E-state index is -0.292. The van der Waals surface area contributed by atoms with Crippen molar-refractivity contribution in [1.29, 1.82) is 5.41 Å². The fourth-order valence-corrected chi connectivity index (χ4v) is 4.13. The van der Waals surface area contributed by atoms with Gasteiger partial charge in [0.1, 0.15) is 11.5 Å². The van der Waals surface area contributed by atoms with Crippen molar-refractivity contribution in [3.05, 3.63) is 70.3 Å². The molecule has 0 atom stereocenters. The number of nitrogens with one attached hydrogen (secondary N) is 1. The molecule has 144 valence electrons. The van der Waals surface area contributed by atoms with Crippen molar-refractivity contribution >= 4 is 46.2 Å². The van der Waals surface area contributed by atoms with E-state index < -0.39 is 0 Å². The number of halogens is 1. The van der Waals surface area contributed by atoms with Gasteiger partial charge in [0.25, 0.3) is 5.91 Å². The topological polar surface area (TPSA) is 75.8 Å². The number of rotatable bonds is 3. The molecule has 0 bridgehead atoms. The van der Waals surface area contributed by atoms with Gasteiger partial charge in [-0.25, -0.2) is 0 Å². The van der Waals surface area contributed by atoms with Crippen LogP contribution in [0.3, 0.4) is 0 Å². The Bertz CT molecular complexity index is 1190. The van der Waals surface area contributed by atoms with E-state index in [-0.39, 0.29) is 17.9 Å². The lowest BCUT2D eigenvalue weighted by atomic mass is 10.2. The molecule has 29 heavy (non-hydrogen) atoms. The van der Waals surface area contributed by atoms with E-state index in [0.717, 1.165) is 17.3 Å². The average molecular weight is 425 g/mol. The molecule has 0 spiro atoms. The number of nitrogens with zero attached hydrogens (tertiary/aromatic N) is 1. The van der Waals surface area contributed by atoms with E-state index in [1.807, 2.05) is 24.3 Å². The van der Waals surface area contributed by atoms with E-state index in [4.69, 9.17) is 30.9 Å². The van der Waals surface area contributed by atoms with Gasteiger partial charge in [0.2, 0.25) is 6.79 Å². The zero-order valence-electron chi connectivity index (χ0n) is 14.8. The molecular weight excluding hydrogens is 412 g/mol. The van der Waals surface area contributed by atoms with Gasteiger partial charge >= 0.3 is 0 Å². The van der Waals surface area contributed by atoms with Crippen LogP contribution in [0.25, 0.3) is 17.4 Å². The van der Waals surface area contributed by atoms with E-state index in [1.54, 1.807) is 36.4 Å². The van der Waals surface area contributed by atoms with Crippen LogP contribution in [0.5, 0.6) is 11.5 Å². The van der Waals surface area contributed by atoms with Crippen LogP contribution in [-0.4, -0.2) is 17.9 Å². The quantitative estimate of drug-likeness (QED) is 0.571. The highest BCUT2D eigenvalue weighted by Crippen LogP contribution is 2.40. The molecule has 0 aliphatic carbocycles. The Morgan fingerprint density at radius 1 is 1.07 bits per heavy atom. The van der Waals surface area contributed by atoms with Crippen LogP contribution < -0.4 is 14.4 Å². The molecule has 2 aromatic carbocycles. The molecule has 2 aliphatic rings. The third-order valence-electron chi connectivity index (χ3n) is 4.45. The Labute approximate surface area is 175 Å². The van der Waals surface area contributed by atoms with Crippen LogP contribution in [0, 0.1) is 5.41 Å². The van der Waals surface area contributed by atoms with Gasteiger partial charge < -0.3 is 13.9 Å². The second-order valence-electron chi connectivity index (χ2n) is 6.31. The van der Waals surface area contributed by atoms with Crippen LogP contribution in [0.4, 0.5) is 5.69 Å². The number of carbonyl (C=O) groups is 1. The Kier molecular flexibility index (Phi) is 4.34. The van der Waals surface area contributed by atoms with Crippen LogP contribution in [0.2, 0.25) is 5.02 Å². The van der Waals surface area contributed by atoms with E-state index >= 15 is 0 Å². The lowest BCUT2D eigenvalue weighted by molar-refractivity contribution is -0.113. The van der Waals surface area contributed by atoms with Gasteiger partial charge in [0.05, 0.1) is 10.6 Å². The fraction of sp³-hybridized carbons (Fsp3) is 0.0476. The number of thioether (sulfide) groups is 1. The smallest absolute Gasteiger partial charge is 0.271 e. The summed E-state index contributed by atoms with van der Waals surface area (Å²) in [5.74, 6) is 2.07. The fourth-order valence-electron chi connectivity index (χ4n) is 3.10. The monoisotopic (exact) mass is 424 g/mol. The summed E-state index contributed by atoms with van der Waals surface area (Å²) in [6.45, 7) is 0.150. The Hall–Kier alpha value is -3.16. The lowest BCUT2D eigenvalue weighted by Gasteiger charge is -2.14. The number of ether oxygens (including phenoxy) is 2. The van der Waals surface area contributed by atoms with E-state index in [1.165, 1.54) is 4.90 Å². The van der Waals surface area contributed by atoms with Crippen LogP contribution >= 0.6 is 23.4 Å². The van der Waals surface area contributed by atoms with Crippen molar-refractivity contribution in [2.24, 2.45) is 0 Å². The zero-order valence-corrected chi connectivity index (χ0v) is 16.4. The molecule has 0 saturated carbocycles. The Balaban J connectivity index is 1.42. The van der Waals surface area contributed by atoms with E-state index in [9.17, 15) is 4.79 Å². The number of fused-ring (bicyclic) bond motifs is 1. The van der Waals surface area contributed by atoms with Gasteiger partial charge in [-0.2, -0.15) is 0 Å². The maximum atomic E-state index is 12.9. The highest BCUT2D eigenvalue weighted by molar-refractivity contribution is 8.19. The van der Waals surface area contributed by atoms with Gasteiger partial charge in [0, 0.05) is 22.7 Å². The third-order valence-corrected chi connectivity index (χ3v) is 5.57.